The fourth-order valence-electron chi connectivity index (χ4n) is 3.12. The summed E-state index contributed by atoms with van der Waals surface area (Å²) in [5.74, 6) is 1.98. The Hall–Kier alpha value is -1.47. The normalized spacial score (nSPS) is 19.7. The van der Waals surface area contributed by atoms with E-state index in [4.69, 9.17) is 14.2 Å². The Morgan fingerprint density at radius 2 is 2.18 bits per heavy atom. The third-order valence-electron chi connectivity index (χ3n) is 4.29. The number of methoxy groups -OCH3 is 1. The Morgan fingerprint density at radius 1 is 1.45 bits per heavy atom. The number of likely N-dealkylation sites (N-methyl/N-ethyl adjacent to an activating group) is 1. The van der Waals surface area contributed by atoms with Crippen molar-refractivity contribution in [2.24, 2.45) is 0 Å². The van der Waals surface area contributed by atoms with Crippen molar-refractivity contribution in [3.05, 3.63) is 15.6 Å². The van der Waals surface area contributed by atoms with Gasteiger partial charge in [0.2, 0.25) is 18.4 Å². The van der Waals surface area contributed by atoms with E-state index in [-0.39, 0.29) is 18.7 Å². The number of ether oxygens (including phenoxy) is 3. The molecule has 2 aliphatic rings. The van der Waals surface area contributed by atoms with Crippen LogP contribution in [0.15, 0.2) is 4.47 Å². The van der Waals surface area contributed by atoms with E-state index in [9.17, 15) is 4.79 Å². The number of halogens is 1. The molecule has 3 rings (SSSR count). The number of benzene rings is 1. The van der Waals surface area contributed by atoms with Crippen molar-refractivity contribution in [1.82, 2.24) is 10.2 Å². The first-order valence-corrected chi connectivity index (χ1v) is 7.96. The van der Waals surface area contributed by atoms with Crippen LogP contribution < -0.4 is 19.5 Å². The zero-order valence-electron chi connectivity index (χ0n) is 12.9. The number of rotatable bonds is 3. The lowest BCUT2D eigenvalue weighted by molar-refractivity contribution is -0.121. The van der Waals surface area contributed by atoms with Gasteiger partial charge in [0.25, 0.3) is 0 Å². The number of amides is 1. The van der Waals surface area contributed by atoms with E-state index in [1.165, 1.54) is 0 Å². The molecule has 1 unspecified atom stereocenters. The maximum absolute atomic E-state index is 11.9. The lowest BCUT2D eigenvalue weighted by atomic mass is 9.89. The lowest BCUT2D eigenvalue weighted by Gasteiger charge is -2.36. The summed E-state index contributed by atoms with van der Waals surface area (Å²) in [7, 11) is 5.30. The molecule has 0 radical (unpaired) electrons. The molecule has 1 N–H and O–H groups in total. The summed E-state index contributed by atoms with van der Waals surface area (Å²) >= 11 is 3.63. The standard InChI is InChI=1S/C15H19BrN2O4/c1-17-10(19)6-9-11-8(4-5-18(9)2)12(16)14-15(13(11)20-3)22-7-21-14/h9H,4-7H2,1-3H3,(H,17,19). The first-order chi connectivity index (χ1) is 10.6. The van der Waals surface area contributed by atoms with Crippen molar-refractivity contribution in [2.75, 3.05) is 34.5 Å². The first kappa shape index (κ1) is 15.4. The van der Waals surface area contributed by atoms with Crippen molar-refractivity contribution in [2.45, 2.75) is 18.9 Å². The quantitative estimate of drug-likeness (QED) is 0.879. The molecule has 0 saturated carbocycles. The Bertz CT molecular complexity index is 620. The molecule has 0 bridgehead atoms. The number of hydrogen-bond acceptors (Lipinski definition) is 5. The Labute approximate surface area is 137 Å². The van der Waals surface area contributed by atoms with Gasteiger partial charge >= 0.3 is 0 Å². The molecule has 7 heteroatoms. The van der Waals surface area contributed by atoms with Crippen LogP contribution in [0.5, 0.6) is 17.2 Å². The van der Waals surface area contributed by atoms with E-state index in [1.807, 2.05) is 7.05 Å². The van der Waals surface area contributed by atoms with Crippen LogP contribution in [0.25, 0.3) is 0 Å². The van der Waals surface area contributed by atoms with E-state index < -0.39 is 0 Å². The second-order valence-electron chi connectivity index (χ2n) is 5.43. The van der Waals surface area contributed by atoms with Gasteiger partial charge in [0.05, 0.1) is 11.6 Å². The average Bonchev–Trinajstić information content (AvgIpc) is 3.00. The lowest BCUT2D eigenvalue weighted by Crippen LogP contribution is -2.36. The summed E-state index contributed by atoms with van der Waals surface area (Å²) in [6, 6.07) is -0.0514. The molecule has 0 saturated heterocycles. The van der Waals surface area contributed by atoms with Gasteiger partial charge in [0, 0.05) is 31.6 Å². The molecule has 1 amide bonds. The van der Waals surface area contributed by atoms with Crippen molar-refractivity contribution >= 4 is 21.8 Å². The maximum atomic E-state index is 11.9. The topological polar surface area (TPSA) is 60.0 Å². The summed E-state index contributed by atoms with van der Waals surface area (Å²) < 4.78 is 17.7. The minimum absolute atomic E-state index is 0.000502. The van der Waals surface area contributed by atoms with Gasteiger partial charge in [0.15, 0.2) is 11.5 Å². The Morgan fingerprint density at radius 3 is 2.86 bits per heavy atom. The van der Waals surface area contributed by atoms with Crippen LogP contribution in [-0.4, -0.2) is 45.3 Å². The zero-order chi connectivity index (χ0) is 15.9. The van der Waals surface area contributed by atoms with Gasteiger partial charge in [-0.1, -0.05) is 0 Å². The molecule has 1 atom stereocenters. The fourth-order valence-corrected chi connectivity index (χ4v) is 3.83. The predicted molar refractivity (Wildman–Crippen MR) is 84.6 cm³/mol. The molecule has 22 heavy (non-hydrogen) atoms. The van der Waals surface area contributed by atoms with Crippen LogP contribution in [0, 0.1) is 0 Å². The molecule has 120 valence electrons. The van der Waals surface area contributed by atoms with Crippen LogP contribution in [0.4, 0.5) is 0 Å². The van der Waals surface area contributed by atoms with Crippen LogP contribution in [-0.2, 0) is 11.2 Å². The van der Waals surface area contributed by atoms with E-state index in [0.717, 1.165) is 28.6 Å². The highest BCUT2D eigenvalue weighted by Crippen LogP contribution is 2.54. The average molecular weight is 371 g/mol. The molecular formula is C15H19BrN2O4. The first-order valence-electron chi connectivity index (χ1n) is 7.17. The highest BCUT2D eigenvalue weighted by atomic mass is 79.9. The van der Waals surface area contributed by atoms with Crippen LogP contribution >= 0.6 is 15.9 Å². The third kappa shape index (κ3) is 2.32. The van der Waals surface area contributed by atoms with E-state index >= 15 is 0 Å². The van der Waals surface area contributed by atoms with E-state index in [0.29, 0.717) is 23.7 Å². The monoisotopic (exact) mass is 370 g/mol. The minimum Gasteiger partial charge on any atom is -0.492 e. The Balaban J connectivity index is 2.16. The maximum Gasteiger partial charge on any atom is 0.231 e. The molecule has 1 aromatic carbocycles. The molecular weight excluding hydrogens is 352 g/mol. The number of carbonyl (C=O) groups is 1. The van der Waals surface area contributed by atoms with Gasteiger partial charge in [-0.2, -0.15) is 0 Å². The van der Waals surface area contributed by atoms with Crippen LogP contribution in [0.2, 0.25) is 0 Å². The minimum atomic E-state index is -0.0514. The second kappa shape index (κ2) is 5.96. The summed E-state index contributed by atoms with van der Waals surface area (Å²) in [5, 5.41) is 2.69. The molecule has 2 aliphatic heterocycles. The number of nitrogens with one attached hydrogen (secondary N) is 1. The molecule has 0 fully saturated rings. The number of carbonyl (C=O) groups excluding carboxylic acids is 1. The third-order valence-corrected chi connectivity index (χ3v) is 5.13. The highest BCUT2D eigenvalue weighted by Gasteiger charge is 2.37. The van der Waals surface area contributed by atoms with Gasteiger partial charge in [0.1, 0.15) is 0 Å². The molecule has 1 aromatic rings. The summed E-state index contributed by atoms with van der Waals surface area (Å²) in [5.41, 5.74) is 2.14. The van der Waals surface area contributed by atoms with Gasteiger partial charge in [-0.05, 0) is 35.0 Å². The molecule has 0 aromatic heterocycles. The summed E-state index contributed by atoms with van der Waals surface area (Å²) in [4.78, 5) is 14.1. The fraction of sp³-hybridized carbons (Fsp3) is 0.533. The second-order valence-corrected chi connectivity index (χ2v) is 6.22. The predicted octanol–water partition coefficient (Wildman–Crippen LogP) is 1.85. The zero-order valence-corrected chi connectivity index (χ0v) is 14.4. The smallest absolute Gasteiger partial charge is 0.231 e. The number of fused-ring (bicyclic) bond motifs is 2. The van der Waals surface area contributed by atoms with Gasteiger partial charge in [-0.25, -0.2) is 0 Å². The van der Waals surface area contributed by atoms with Gasteiger partial charge in [-0.3, -0.25) is 9.69 Å². The Kier molecular flexibility index (Phi) is 4.18. The SMILES string of the molecule is CNC(=O)CC1c2c(c(Br)c3c(c2OC)OCO3)CCN1C. The highest BCUT2D eigenvalue weighted by molar-refractivity contribution is 9.10. The molecule has 0 aliphatic carbocycles. The molecule has 0 spiro atoms. The van der Waals surface area contributed by atoms with Crippen molar-refractivity contribution in [3.63, 3.8) is 0 Å². The van der Waals surface area contributed by atoms with E-state index in [1.54, 1.807) is 14.2 Å². The number of nitrogens with zero attached hydrogens (tertiary/aromatic N) is 1. The van der Waals surface area contributed by atoms with E-state index in [2.05, 4.69) is 26.1 Å². The number of hydrogen-bond donors (Lipinski definition) is 1. The molecule has 2 heterocycles. The van der Waals surface area contributed by atoms with Crippen molar-refractivity contribution in [1.29, 1.82) is 0 Å². The van der Waals surface area contributed by atoms with Crippen LogP contribution in [0.1, 0.15) is 23.6 Å². The van der Waals surface area contributed by atoms with Crippen molar-refractivity contribution in [3.8, 4) is 17.2 Å². The molecule has 6 nitrogen and oxygen atoms in total. The van der Waals surface area contributed by atoms with Gasteiger partial charge in [-0.15, -0.1) is 0 Å². The largest absolute Gasteiger partial charge is 0.492 e. The summed E-state index contributed by atoms with van der Waals surface area (Å²) in [6.07, 6.45) is 1.24. The van der Waals surface area contributed by atoms with Crippen molar-refractivity contribution < 1.29 is 19.0 Å². The van der Waals surface area contributed by atoms with Gasteiger partial charge < -0.3 is 19.5 Å². The summed E-state index contributed by atoms with van der Waals surface area (Å²) in [6.45, 7) is 1.05. The van der Waals surface area contributed by atoms with Crippen LogP contribution in [0.3, 0.4) is 0 Å².